The maximum atomic E-state index is 12.1. The maximum absolute atomic E-state index is 12.1. The second-order valence-electron chi connectivity index (χ2n) is 7.18. The van der Waals surface area contributed by atoms with Crippen LogP contribution in [-0.4, -0.2) is 38.3 Å². The van der Waals surface area contributed by atoms with E-state index in [1.807, 2.05) is 18.2 Å². The van der Waals surface area contributed by atoms with Gasteiger partial charge in [0, 0.05) is 5.56 Å². The Balaban J connectivity index is 0.000000574. The number of aromatic amines is 1. The van der Waals surface area contributed by atoms with Crippen LogP contribution in [-0.2, 0) is 17.5 Å². The van der Waals surface area contributed by atoms with E-state index in [-0.39, 0.29) is 28.5 Å². The molecule has 1 atom stereocenters. The molecule has 15 heteroatoms. The summed E-state index contributed by atoms with van der Waals surface area (Å²) in [7, 11) is -1.95. The number of aromatic nitrogens is 2. The number of nitrogens with two attached hydrogens (primary N) is 5. The average Bonchev–Trinajstić information content (AvgIpc) is 3.55. The summed E-state index contributed by atoms with van der Waals surface area (Å²) in [6.07, 6.45) is 2.78. The molecule has 34 heavy (non-hydrogen) atoms. The molecule has 0 aliphatic carbocycles. The first-order chi connectivity index (χ1) is 16.4. The number of hydrazine groups is 1. The highest BCUT2D eigenvalue weighted by Crippen LogP contribution is 2.38. The summed E-state index contributed by atoms with van der Waals surface area (Å²) in [4.78, 5) is 7.73. The fourth-order valence-corrected chi connectivity index (χ4v) is 4.54. The van der Waals surface area contributed by atoms with E-state index < -0.39 is 11.0 Å². The summed E-state index contributed by atoms with van der Waals surface area (Å²) in [6.45, 7) is 2.73. The Morgan fingerprint density at radius 2 is 2.00 bits per heavy atom. The molecule has 0 radical (unpaired) electrons. The molecule has 1 aromatic heterocycles. The van der Waals surface area contributed by atoms with Gasteiger partial charge in [-0.1, -0.05) is 18.2 Å². The van der Waals surface area contributed by atoms with Crippen LogP contribution in [0.4, 0.5) is 5.69 Å². The number of H-pyrrole nitrogens is 1. The quantitative estimate of drug-likeness (QED) is 0.0669. The van der Waals surface area contributed by atoms with Crippen molar-refractivity contribution in [2.45, 2.75) is 24.3 Å². The Morgan fingerprint density at radius 3 is 2.56 bits per heavy atom. The topological polar surface area (TPSA) is 236 Å². The molecule has 1 fully saturated rings. The molecular weight excluding hydrogens is 478 g/mol. The molecule has 0 saturated carbocycles. The summed E-state index contributed by atoms with van der Waals surface area (Å²) in [5.41, 5.74) is 16.7. The number of anilines is 1. The first-order valence-electron chi connectivity index (χ1n) is 10.3. The largest absolute Gasteiger partial charge is 0.382 e. The highest BCUT2D eigenvalue weighted by Gasteiger charge is 2.25. The smallest absolute Gasteiger partial charge is 0.155 e. The SMILES string of the molecule is C1CCNC1.NCc1nc2c(-c3ccc(S(N)=O)c(N(O)SN)c3/C(N)=N/NN)cccc2[nH]1. The van der Waals surface area contributed by atoms with Crippen molar-refractivity contribution in [3.05, 3.63) is 41.7 Å². The van der Waals surface area contributed by atoms with Gasteiger partial charge in [-0.15, -0.1) is 5.10 Å². The molecule has 3 aromatic rings. The number of imidazole rings is 1. The lowest BCUT2D eigenvalue weighted by atomic mass is 9.96. The molecule has 184 valence electrons. The van der Waals surface area contributed by atoms with Crippen LogP contribution in [0.2, 0.25) is 0 Å². The summed E-state index contributed by atoms with van der Waals surface area (Å²) in [6, 6.07) is 8.63. The van der Waals surface area contributed by atoms with Gasteiger partial charge in [-0.25, -0.2) is 25.7 Å². The third-order valence-electron chi connectivity index (χ3n) is 5.09. The third kappa shape index (κ3) is 5.65. The zero-order chi connectivity index (χ0) is 24.7. The predicted molar refractivity (Wildman–Crippen MR) is 136 cm³/mol. The maximum Gasteiger partial charge on any atom is 0.155 e. The van der Waals surface area contributed by atoms with Gasteiger partial charge >= 0.3 is 0 Å². The zero-order valence-corrected chi connectivity index (χ0v) is 20.0. The van der Waals surface area contributed by atoms with Crippen molar-refractivity contribution in [2.24, 2.45) is 32.7 Å². The number of benzene rings is 2. The Bertz CT molecular complexity index is 1170. The van der Waals surface area contributed by atoms with E-state index in [9.17, 15) is 9.42 Å². The van der Waals surface area contributed by atoms with E-state index in [0.717, 1.165) is 5.52 Å². The lowest BCUT2D eigenvalue weighted by molar-refractivity contribution is 0.330. The predicted octanol–water partition coefficient (Wildman–Crippen LogP) is -0.159. The Kier molecular flexibility index (Phi) is 9.20. The number of rotatable bonds is 7. The average molecular weight is 508 g/mol. The number of amidine groups is 1. The lowest BCUT2D eigenvalue weighted by Crippen LogP contribution is -2.27. The van der Waals surface area contributed by atoms with E-state index in [1.54, 1.807) is 6.07 Å². The first kappa shape index (κ1) is 25.9. The van der Waals surface area contributed by atoms with E-state index in [1.165, 1.54) is 32.0 Å². The van der Waals surface area contributed by atoms with Crippen LogP contribution in [0.15, 0.2) is 40.3 Å². The second kappa shape index (κ2) is 12.1. The van der Waals surface area contributed by atoms with Crippen molar-refractivity contribution < 1.29 is 9.42 Å². The minimum Gasteiger partial charge on any atom is -0.382 e. The fourth-order valence-electron chi connectivity index (χ4n) is 3.61. The van der Waals surface area contributed by atoms with Crippen molar-refractivity contribution in [3.63, 3.8) is 0 Å². The first-order valence-corrected chi connectivity index (χ1v) is 12.3. The van der Waals surface area contributed by atoms with E-state index >= 15 is 0 Å². The molecular formula is C19H29N11O2S2. The molecule has 13 nitrogen and oxygen atoms in total. The molecule has 14 N–H and O–H groups in total. The number of hydrazone groups is 1. The molecule has 2 aromatic carbocycles. The molecule has 1 aliphatic heterocycles. The number of nitrogens with zero attached hydrogens (tertiary/aromatic N) is 3. The standard InChI is InChI=1S/C15H20N10O2S2.C4H9N/c16-6-11-21-9-3-1-2-8(13(9)22-11)7-4-5-10(29(20)27)14(25(26)28-19)12(7)15(17)23-24-18;1-2-4-5-3-1/h1-5,24,26H,6,16,18-20H2,(H2,17,23)(H,21,22);5H,1-4H2. The molecule has 1 unspecified atom stereocenters. The van der Waals surface area contributed by atoms with Gasteiger partial charge in [0.1, 0.15) is 22.5 Å². The summed E-state index contributed by atoms with van der Waals surface area (Å²) in [5.74, 6) is 5.79. The highest BCUT2D eigenvalue weighted by molar-refractivity contribution is 7.98. The second-order valence-corrected chi connectivity index (χ2v) is 8.77. The van der Waals surface area contributed by atoms with E-state index in [4.69, 9.17) is 27.6 Å². The van der Waals surface area contributed by atoms with Crippen LogP contribution in [0.3, 0.4) is 0 Å². The van der Waals surface area contributed by atoms with Crippen molar-refractivity contribution in [1.29, 1.82) is 0 Å². The lowest BCUT2D eigenvalue weighted by Gasteiger charge is -2.22. The molecule has 1 aliphatic rings. The number of hydrogen-bond donors (Lipinski definition) is 9. The van der Waals surface area contributed by atoms with Gasteiger partial charge < -0.3 is 21.8 Å². The van der Waals surface area contributed by atoms with Gasteiger partial charge in [0.15, 0.2) is 5.84 Å². The Hall–Kier alpha value is -2.76. The molecule has 2 heterocycles. The fraction of sp³-hybridized carbons (Fsp3) is 0.263. The zero-order valence-electron chi connectivity index (χ0n) is 18.3. The van der Waals surface area contributed by atoms with Gasteiger partial charge in [0.05, 0.1) is 40.2 Å². The molecule has 1 saturated heterocycles. The van der Waals surface area contributed by atoms with Crippen molar-refractivity contribution in [2.75, 3.05) is 17.6 Å². The van der Waals surface area contributed by atoms with Crippen molar-refractivity contribution in [3.8, 4) is 11.1 Å². The summed E-state index contributed by atoms with van der Waals surface area (Å²) in [5, 5.41) is 28.5. The number of fused-ring (bicyclic) bond motifs is 1. The van der Waals surface area contributed by atoms with Crippen molar-refractivity contribution in [1.82, 2.24) is 20.8 Å². The van der Waals surface area contributed by atoms with Crippen LogP contribution in [0.5, 0.6) is 0 Å². The van der Waals surface area contributed by atoms with E-state index in [0.29, 0.717) is 39.1 Å². The van der Waals surface area contributed by atoms with Gasteiger partial charge in [-0.3, -0.25) is 10.3 Å². The number of hydrogen-bond acceptors (Lipinski definition) is 11. The minimum absolute atomic E-state index is 0.0129. The van der Waals surface area contributed by atoms with Gasteiger partial charge in [-0.2, -0.15) is 4.47 Å². The Morgan fingerprint density at radius 1 is 1.26 bits per heavy atom. The summed E-state index contributed by atoms with van der Waals surface area (Å²) < 4.78 is 12.7. The van der Waals surface area contributed by atoms with Crippen LogP contribution in [0.25, 0.3) is 22.2 Å². The molecule has 0 amide bonds. The van der Waals surface area contributed by atoms with Gasteiger partial charge in [-0.05, 0) is 43.6 Å². The summed E-state index contributed by atoms with van der Waals surface area (Å²) >= 11 is 0.473. The monoisotopic (exact) mass is 507 g/mol. The van der Waals surface area contributed by atoms with Crippen molar-refractivity contribution >= 4 is 45.7 Å². The van der Waals surface area contributed by atoms with Gasteiger partial charge in [0.25, 0.3) is 0 Å². The molecule has 0 bridgehead atoms. The highest BCUT2D eigenvalue weighted by atomic mass is 32.2. The Labute approximate surface area is 203 Å². The van der Waals surface area contributed by atoms with Crippen LogP contribution >= 0.6 is 12.1 Å². The minimum atomic E-state index is -1.95. The third-order valence-corrected chi connectivity index (χ3v) is 6.24. The molecule has 4 rings (SSSR count). The van der Waals surface area contributed by atoms with Crippen LogP contribution in [0, 0.1) is 0 Å². The van der Waals surface area contributed by atoms with Crippen LogP contribution in [0.1, 0.15) is 24.2 Å². The van der Waals surface area contributed by atoms with Gasteiger partial charge in [0.2, 0.25) is 0 Å². The number of nitrogens with one attached hydrogen (secondary N) is 3. The van der Waals surface area contributed by atoms with E-state index in [2.05, 4.69) is 25.9 Å². The molecule has 0 spiro atoms. The normalized spacial score (nSPS) is 14.6. The number of para-hydroxylation sites is 1. The van der Waals surface area contributed by atoms with Crippen LogP contribution < -0.4 is 42.9 Å².